The summed E-state index contributed by atoms with van der Waals surface area (Å²) in [5, 5.41) is 12.9. The van der Waals surface area contributed by atoms with E-state index in [2.05, 4.69) is 5.32 Å². The molecule has 0 aromatic heterocycles. The first kappa shape index (κ1) is 14.4. The van der Waals surface area contributed by atoms with Gasteiger partial charge in [0, 0.05) is 19.7 Å². The molecule has 0 amide bonds. The van der Waals surface area contributed by atoms with Crippen LogP contribution in [0.3, 0.4) is 0 Å². The molecule has 1 aromatic carbocycles. The summed E-state index contributed by atoms with van der Waals surface area (Å²) >= 11 is 0. The Labute approximate surface area is 116 Å². The van der Waals surface area contributed by atoms with Gasteiger partial charge in [0.2, 0.25) is 0 Å². The van der Waals surface area contributed by atoms with Gasteiger partial charge in [0.05, 0.1) is 6.61 Å². The minimum Gasteiger partial charge on any atom is -0.508 e. The maximum Gasteiger partial charge on any atom is 0.115 e. The van der Waals surface area contributed by atoms with Crippen molar-refractivity contribution >= 4 is 0 Å². The van der Waals surface area contributed by atoms with Crippen LogP contribution in [0.4, 0.5) is 0 Å². The molecule has 1 unspecified atom stereocenters. The van der Waals surface area contributed by atoms with Crippen molar-refractivity contribution in [1.29, 1.82) is 0 Å². The monoisotopic (exact) mass is 263 g/mol. The zero-order chi connectivity index (χ0) is 13.5. The van der Waals surface area contributed by atoms with Crippen molar-refractivity contribution in [2.24, 2.45) is 5.92 Å². The molecule has 0 bridgehead atoms. The van der Waals surface area contributed by atoms with E-state index in [4.69, 9.17) is 4.74 Å². The van der Waals surface area contributed by atoms with Crippen LogP contribution in [0.15, 0.2) is 24.3 Å². The first-order valence-electron chi connectivity index (χ1n) is 7.30. The molecule has 1 saturated carbocycles. The van der Waals surface area contributed by atoms with Crippen LogP contribution in [0, 0.1) is 5.92 Å². The lowest BCUT2D eigenvalue weighted by Gasteiger charge is -2.30. The number of ether oxygens (including phenoxy) is 1. The van der Waals surface area contributed by atoms with E-state index < -0.39 is 0 Å². The second-order valence-corrected chi connectivity index (χ2v) is 5.51. The Kier molecular flexibility index (Phi) is 5.67. The minimum absolute atomic E-state index is 0.324. The van der Waals surface area contributed by atoms with Crippen LogP contribution < -0.4 is 5.32 Å². The summed E-state index contributed by atoms with van der Waals surface area (Å²) < 4.78 is 5.36. The third-order valence-electron chi connectivity index (χ3n) is 4.07. The fourth-order valence-corrected chi connectivity index (χ4v) is 2.94. The van der Waals surface area contributed by atoms with Gasteiger partial charge in [-0.05, 0) is 36.5 Å². The van der Waals surface area contributed by atoms with Crippen molar-refractivity contribution in [1.82, 2.24) is 5.32 Å². The largest absolute Gasteiger partial charge is 0.508 e. The Morgan fingerprint density at radius 1 is 1.21 bits per heavy atom. The molecule has 2 N–H and O–H groups in total. The summed E-state index contributed by atoms with van der Waals surface area (Å²) in [7, 11) is 1.78. The summed E-state index contributed by atoms with van der Waals surface area (Å²) in [5.41, 5.74) is 1.20. The average molecular weight is 263 g/mol. The normalized spacial score (nSPS) is 18.4. The number of hydrogen-bond donors (Lipinski definition) is 2. The van der Waals surface area contributed by atoms with Gasteiger partial charge in [-0.2, -0.15) is 0 Å². The molecule has 0 saturated heterocycles. The van der Waals surface area contributed by atoms with E-state index in [-0.39, 0.29) is 0 Å². The summed E-state index contributed by atoms with van der Waals surface area (Å²) in [6.45, 7) is 1.62. The van der Waals surface area contributed by atoms with E-state index in [9.17, 15) is 5.11 Å². The highest BCUT2D eigenvalue weighted by Gasteiger charge is 2.23. The van der Waals surface area contributed by atoms with E-state index >= 15 is 0 Å². The predicted molar refractivity (Wildman–Crippen MR) is 77.2 cm³/mol. The van der Waals surface area contributed by atoms with Crippen LogP contribution >= 0.6 is 0 Å². The molecule has 3 nitrogen and oxygen atoms in total. The lowest BCUT2D eigenvalue weighted by molar-refractivity contribution is 0.124. The zero-order valence-electron chi connectivity index (χ0n) is 11.8. The van der Waals surface area contributed by atoms with Crippen LogP contribution in [-0.4, -0.2) is 24.9 Å². The molecular formula is C16H25NO2. The Hall–Kier alpha value is -1.06. The lowest BCUT2D eigenvalue weighted by atomic mass is 9.84. The number of benzene rings is 1. The van der Waals surface area contributed by atoms with Crippen molar-refractivity contribution in [2.45, 2.75) is 44.7 Å². The molecular weight excluding hydrogens is 238 g/mol. The van der Waals surface area contributed by atoms with E-state index in [1.165, 1.54) is 37.7 Å². The molecule has 0 spiro atoms. The van der Waals surface area contributed by atoms with E-state index in [1.807, 2.05) is 12.1 Å². The topological polar surface area (TPSA) is 41.5 Å². The predicted octanol–water partition coefficient (Wildman–Crippen LogP) is 3.08. The summed E-state index contributed by atoms with van der Waals surface area (Å²) in [6, 6.07) is 7.85. The molecule has 1 aliphatic carbocycles. The summed E-state index contributed by atoms with van der Waals surface area (Å²) in [4.78, 5) is 0. The molecule has 1 fully saturated rings. The van der Waals surface area contributed by atoms with Gasteiger partial charge in [-0.3, -0.25) is 0 Å². The smallest absolute Gasteiger partial charge is 0.115 e. The summed E-state index contributed by atoms with van der Waals surface area (Å²) in [6.07, 6.45) is 6.72. The van der Waals surface area contributed by atoms with Gasteiger partial charge >= 0.3 is 0 Å². The standard InChI is InChI=1S/C16H25NO2/c1-19-12-16(14-5-3-2-4-6-14)17-11-13-7-9-15(18)10-8-13/h7-10,14,16-18H,2-6,11-12H2,1H3. The third kappa shape index (κ3) is 4.51. The maximum atomic E-state index is 9.28. The highest BCUT2D eigenvalue weighted by atomic mass is 16.5. The van der Waals surface area contributed by atoms with Crippen molar-refractivity contribution in [3.05, 3.63) is 29.8 Å². The highest BCUT2D eigenvalue weighted by Crippen LogP contribution is 2.26. The second kappa shape index (κ2) is 7.51. The van der Waals surface area contributed by atoms with Crippen LogP contribution in [0.5, 0.6) is 5.75 Å². The second-order valence-electron chi connectivity index (χ2n) is 5.51. The van der Waals surface area contributed by atoms with Crippen LogP contribution in [0.2, 0.25) is 0 Å². The van der Waals surface area contributed by atoms with Gasteiger partial charge in [-0.25, -0.2) is 0 Å². The fraction of sp³-hybridized carbons (Fsp3) is 0.625. The zero-order valence-corrected chi connectivity index (χ0v) is 11.8. The number of phenols is 1. The summed E-state index contributed by atoms with van der Waals surface area (Å²) in [5.74, 6) is 1.07. The van der Waals surface area contributed by atoms with Gasteiger partial charge in [0.25, 0.3) is 0 Å². The van der Waals surface area contributed by atoms with Gasteiger partial charge in [-0.1, -0.05) is 31.4 Å². The SMILES string of the molecule is COCC(NCc1ccc(O)cc1)C1CCCCC1. The first-order chi connectivity index (χ1) is 9.29. The Morgan fingerprint density at radius 3 is 2.53 bits per heavy atom. The fourth-order valence-electron chi connectivity index (χ4n) is 2.94. The van der Waals surface area contributed by atoms with Crippen LogP contribution in [-0.2, 0) is 11.3 Å². The molecule has 19 heavy (non-hydrogen) atoms. The number of nitrogens with one attached hydrogen (secondary N) is 1. The van der Waals surface area contributed by atoms with Gasteiger partial charge in [-0.15, -0.1) is 0 Å². The number of rotatable bonds is 6. The number of phenolic OH excluding ortho intramolecular Hbond substituents is 1. The third-order valence-corrected chi connectivity index (χ3v) is 4.07. The van der Waals surface area contributed by atoms with Crippen molar-refractivity contribution < 1.29 is 9.84 Å². The molecule has 106 valence electrons. The molecule has 0 heterocycles. The van der Waals surface area contributed by atoms with Crippen molar-refractivity contribution in [2.75, 3.05) is 13.7 Å². The molecule has 0 aliphatic heterocycles. The Balaban J connectivity index is 1.87. The lowest BCUT2D eigenvalue weighted by Crippen LogP contribution is -2.40. The Bertz CT molecular complexity index is 358. The molecule has 2 rings (SSSR count). The highest BCUT2D eigenvalue weighted by molar-refractivity contribution is 5.25. The Morgan fingerprint density at radius 2 is 1.89 bits per heavy atom. The average Bonchev–Trinajstić information content (AvgIpc) is 2.46. The molecule has 1 aromatic rings. The number of methoxy groups -OCH3 is 1. The van der Waals surface area contributed by atoms with Gasteiger partial charge in [0.1, 0.15) is 5.75 Å². The van der Waals surface area contributed by atoms with Crippen molar-refractivity contribution in [3.63, 3.8) is 0 Å². The van der Waals surface area contributed by atoms with Gasteiger partial charge < -0.3 is 15.2 Å². The van der Waals surface area contributed by atoms with Crippen molar-refractivity contribution in [3.8, 4) is 5.75 Å². The van der Waals surface area contributed by atoms with E-state index in [0.29, 0.717) is 11.8 Å². The maximum absolute atomic E-state index is 9.28. The van der Waals surface area contributed by atoms with Gasteiger partial charge in [0.15, 0.2) is 0 Å². The number of hydrogen-bond acceptors (Lipinski definition) is 3. The molecule has 3 heteroatoms. The molecule has 1 atom stereocenters. The molecule has 1 aliphatic rings. The first-order valence-corrected chi connectivity index (χ1v) is 7.30. The molecule has 0 radical (unpaired) electrons. The van der Waals surface area contributed by atoms with Crippen LogP contribution in [0.1, 0.15) is 37.7 Å². The van der Waals surface area contributed by atoms with E-state index in [1.54, 1.807) is 19.2 Å². The van der Waals surface area contributed by atoms with Crippen LogP contribution in [0.25, 0.3) is 0 Å². The quantitative estimate of drug-likeness (QED) is 0.828. The number of aromatic hydroxyl groups is 1. The minimum atomic E-state index is 0.324. The van der Waals surface area contributed by atoms with E-state index in [0.717, 1.165) is 19.1 Å².